The summed E-state index contributed by atoms with van der Waals surface area (Å²) in [5.41, 5.74) is 2.46. The third-order valence-corrected chi connectivity index (χ3v) is 8.37. The zero-order chi connectivity index (χ0) is 26.4. The monoisotopic (exact) mass is 570 g/mol. The second-order valence-electron chi connectivity index (χ2n) is 7.57. The molecule has 0 saturated carbocycles. The van der Waals surface area contributed by atoms with E-state index in [1.165, 1.54) is 36.0 Å². The van der Waals surface area contributed by atoms with Gasteiger partial charge in [0.1, 0.15) is 16.1 Å². The molecule has 2 heterocycles. The first-order chi connectivity index (χ1) is 17.7. The van der Waals surface area contributed by atoms with Crippen molar-refractivity contribution in [1.82, 2.24) is 15.2 Å². The number of sulfonamides is 1. The van der Waals surface area contributed by atoms with Crippen LogP contribution in [0, 0.1) is 18.3 Å². The van der Waals surface area contributed by atoms with Crippen molar-refractivity contribution in [3.8, 4) is 17.3 Å². The Balaban J connectivity index is 1.33. The summed E-state index contributed by atoms with van der Waals surface area (Å²) >= 11 is 8.40. The fourth-order valence-corrected chi connectivity index (χ4v) is 5.97. The van der Waals surface area contributed by atoms with Crippen LogP contribution in [0.2, 0.25) is 5.02 Å². The van der Waals surface area contributed by atoms with Crippen LogP contribution in [-0.2, 0) is 14.8 Å². The van der Waals surface area contributed by atoms with Gasteiger partial charge in [0, 0.05) is 28.4 Å². The lowest BCUT2D eigenvalue weighted by Gasteiger charge is -2.09. The quantitative estimate of drug-likeness (QED) is 0.257. The number of carbonyl (C=O) groups excluding carboxylic acids is 1. The minimum atomic E-state index is -3.82. The maximum Gasteiger partial charge on any atom is 0.263 e. The van der Waals surface area contributed by atoms with Crippen molar-refractivity contribution in [3.05, 3.63) is 76.3 Å². The number of nitriles is 1. The smallest absolute Gasteiger partial charge is 0.263 e. The van der Waals surface area contributed by atoms with Gasteiger partial charge in [0.15, 0.2) is 0 Å². The molecule has 2 aromatic carbocycles. The first kappa shape index (κ1) is 26.6. The third-order valence-electron chi connectivity index (χ3n) is 4.88. The molecule has 4 aromatic rings. The number of benzene rings is 2. The van der Waals surface area contributed by atoms with Gasteiger partial charge in [0.2, 0.25) is 11.0 Å². The molecule has 37 heavy (non-hydrogen) atoms. The Hall–Kier alpha value is -3.50. The summed E-state index contributed by atoms with van der Waals surface area (Å²) in [6.07, 6.45) is 0.167. The van der Waals surface area contributed by atoms with Crippen LogP contribution in [0.4, 0.5) is 10.8 Å². The summed E-state index contributed by atoms with van der Waals surface area (Å²) in [6.45, 7) is 1.73. The van der Waals surface area contributed by atoms with E-state index in [9.17, 15) is 18.5 Å². The van der Waals surface area contributed by atoms with Crippen LogP contribution < -0.4 is 10.0 Å². The van der Waals surface area contributed by atoms with Gasteiger partial charge in [0.25, 0.3) is 10.0 Å². The second-order valence-corrected chi connectivity index (χ2v) is 12.0. The molecular weight excluding hydrogens is 552 g/mol. The van der Waals surface area contributed by atoms with Crippen molar-refractivity contribution in [2.45, 2.75) is 23.3 Å². The molecule has 0 bridgehead atoms. The van der Waals surface area contributed by atoms with Crippen molar-refractivity contribution < 1.29 is 13.2 Å². The first-order valence-electron chi connectivity index (χ1n) is 10.8. The number of rotatable bonds is 9. The summed E-state index contributed by atoms with van der Waals surface area (Å²) in [7, 11) is -3.82. The highest BCUT2D eigenvalue weighted by molar-refractivity contribution is 7.99. The van der Waals surface area contributed by atoms with Gasteiger partial charge in [-0.25, -0.2) is 13.4 Å². The van der Waals surface area contributed by atoms with E-state index in [4.69, 9.17) is 11.6 Å². The number of thioether (sulfide) groups is 1. The topological polar surface area (TPSA) is 138 Å². The van der Waals surface area contributed by atoms with E-state index in [0.717, 1.165) is 16.9 Å². The van der Waals surface area contributed by atoms with E-state index < -0.39 is 10.0 Å². The Kier molecular flexibility index (Phi) is 8.40. The summed E-state index contributed by atoms with van der Waals surface area (Å²) < 4.78 is 27.4. The molecule has 1 amide bonds. The zero-order valence-corrected chi connectivity index (χ0v) is 22.5. The van der Waals surface area contributed by atoms with Gasteiger partial charge in [-0.05, 0) is 55.5 Å². The van der Waals surface area contributed by atoms with Crippen LogP contribution in [0.25, 0.3) is 11.3 Å². The maximum absolute atomic E-state index is 12.5. The number of nitrogens with one attached hydrogen (secondary N) is 2. The van der Waals surface area contributed by atoms with Crippen LogP contribution in [0.1, 0.15) is 17.0 Å². The molecule has 0 atom stereocenters. The molecule has 4 rings (SSSR count). The summed E-state index contributed by atoms with van der Waals surface area (Å²) in [4.78, 5) is 17.1. The minimum absolute atomic E-state index is 0.0320. The highest BCUT2D eigenvalue weighted by Gasteiger charge is 2.17. The van der Waals surface area contributed by atoms with E-state index in [-0.39, 0.29) is 22.4 Å². The number of halogens is 1. The Morgan fingerprint density at radius 1 is 1.08 bits per heavy atom. The average Bonchev–Trinajstić information content (AvgIpc) is 3.28. The molecule has 0 fully saturated rings. The molecule has 0 unspecified atom stereocenters. The molecule has 2 N–H and O–H groups in total. The molecule has 9 nitrogen and oxygen atoms in total. The molecule has 0 aliphatic carbocycles. The number of aromatic nitrogens is 3. The third kappa shape index (κ3) is 7.05. The van der Waals surface area contributed by atoms with Gasteiger partial charge >= 0.3 is 0 Å². The largest absolute Gasteiger partial charge is 0.326 e. The molecule has 188 valence electrons. The van der Waals surface area contributed by atoms with E-state index in [1.807, 2.05) is 12.1 Å². The van der Waals surface area contributed by atoms with Crippen LogP contribution in [0.15, 0.2) is 70.6 Å². The van der Waals surface area contributed by atoms with Crippen molar-refractivity contribution in [1.29, 1.82) is 5.26 Å². The summed E-state index contributed by atoms with van der Waals surface area (Å²) in [5, 5.41) is 21.7. The van der Waals surface area contributed by atoms with Gasteiger partial charge in [0.05, 0.1) is 16.2 Å². The van der Waals surface area contributed by atoms with Crippen LogP contribution >= 0.6 is 34.7 Å². The van der Waals surface area contributed by atoms with Crippen molar-refractivity contribution in [2.75, 3.05) is 15.8 Å². The van der Waals surface area contributed by atoms with Gasteiger partial charge in [-0.1, -0.05) is 35.1 Å². The molecule has 0 aliphatic rings. The van der Waals surface area contributed by atoms with Gasteiger partial charge in [-0.15, -0.1) is 22.0 Å². The van der Waals surface area contributed by atoms with Gasteiger partial charge in [-0.2, -0.15) is 5.26 Å². The van der Waals surface area contributed by atoms with E-state index in [1.54, 1.807) is 31.2 Å². The number of pyridine rings is 1. The van der Waals surface area contributed by atoms with Crippen LogP contribution in [0.3, 0.4) is 0 Å². The van der Waals surface area contributed by atoms with E-state index >= 15 is 0 Å². The predicted octanol–water partition coefficient (Wildman–Crippen LogP) is 5.36. The van der Waals surface area contributed by atoms with E-state index in [2.05, 4.69) is 31.3 Å². The molecule has 0 spiro atoms. The summed E-state index contributed by atoms with van der Waals surface area (Å²) in [5.74, 6) is 0.146. The van der Waals surface area contributed by atoms with Crippen LogP contribution in [-0.4, -0.2) is 35.3 Å². The number of nitrogens with zero attached hydrogens (tertiary/aromatic N) is 4. The fraction of sp³-hybridized carbons (Fsp3) is 0.125. The van der Waals surface area contributed by atoms with E-state index in [0.29, 0.717) is 37.8 Å². The Morgan fingerprint density at radius 3 is 2.46 bits per heavy atom. The molecule has 0 aliphatic heterocycles. The number of amides is 1. The van der Waals surface area contributed by atoms with Gasteiger partial charge < -0.3 is 5.32 Å². The van der Waals surface area contributed by atoms with Crippen molar-refractivity contribution >= 4 is 61.4 Å². The highest BCUT2D eigenvalue weighted by Crippen LogP contribution is 2.27. The standard InChI is InChI=1S/C24H19ClN6O3S3/c1-15-29-30-24(36-15)31-37(33,34)20-9-7-19(8-10-20)27-22(32)12-13-35-23-17(14-26)4-11-21(28-23)16-2-5-18(25)6-3-16/h2-11H,12-13H2,1H3,(H,27,32)(H,30,31). The van der Waals surface area contributed by atoms with Gasteiger partial charge in [-0.3, -0.25) is 9.52 Å². The summed E-state index contributed by atoms with van der Waals surface area (Å²) in [6, 6.07) is 18.7. The maximum atomic E-state index is 12.5. The normalized spacial score (nSPS) is 11.1. The number of hydrogen-bond acceptors (Lipinski definition) is 9. The highest BCUT2D eigenvalue weighted by atomic mass is 35.5. The Morgan fingerprint density at radius 2 is 1.81 bits per heavy atom. The molecule has 0 saturated heterocycles. The molecular formula is C24H19ClN6O3S3. The van der Waals surface area contributed by atoms with Crippen molar-refractivity contribution in [2.24, 2.45) is 0 Å². The second kappa shape index (κ2) is 11.7. The minimum Gasteiger partial charge on any atom is -0.326 e. The number of carbonyl (C=O) groups is 1. The Labute approximate surface area is 227 Å². The number of anilines is 2. The lowest BCUT2D eigenvalue weighted by atomic mass is 10.1. The fourth-order valence-electron chi connectivity index (χ4n) is 3.11. The average molecular weight is 571 g/mol. The SMILES string of the molecule is Cc1nnc(NS(=O)(=O)c2ccc(NC(=O)CCSc3nc(-c4ccc(Cl)cc4)ccc3C#N)cc2)s1. The van der Waals surface area contributed by atoms with Crippen molar-refractivity contribution in [3.63, 3.8) is 0 Å². The molecule has 13 heteroatoms. The zero-order valence-electron chi connectivity index (χ0n) is 19.3. The first-order valence-corrected chi connectivity index (χ1v) is 14.4. The van der Waals surface area contributed by atoms with Crippen LogP contribution in [0.5, 0.6) is 0 Å². The Bertz CT molecular complexity index is 1570. The molecule has 2 aromatic heterocycles. The predicted molar refractivity (Wildman–Crippen MR) is 145 cm³/mol. The lowest BCUT2D eigenvalue weighted by molar-refractivity contribution is -0.115. The molecule has 0 radical (unpaired) electrons. The lowest BCUT2D eigenvalue weighted by Crippen LogP contribution is -2.14. The number of aryl methyl sites for hydroxylation is 1. The number of hydrogen-bond donors (Lipinski definition) is 2.